The minimum atomic E-state index is -3.56. The van der Waals surface area contributed by atoms with Crippen LogP contribution in [0.15, 0.2) is 16.3 Å². The summed E-state index contributed by atoms with van der Waals surface area (Å²) in [7, 11) is -6.87. The van der Waals surface area contributed by atoms with Crippen molar-refractivity contribution in [3.05, 3.63) is 17.0 Å². The molecule has 2 aliphatic rings. The van der Waals surface area contributed by atoms with Crippen LogP contribution in [0, 0.1) is 0 Å². The highest BCUT2D eigenvalue weighted by molar-refractivity contribution is 7.91. The summed E-state index contributed by atoms with van der Waals surface area (Å²) in [4.78, 5) is 14.9. The normalized spacial score (nSPS) is 20.3. The van der Waals surface area contributed by atoms with Gasteiger partial charge in [0.15, 0.2) is 0 Å². The quantitative estimate of drug-likeness (QED) is 0.594. The van der Waals surface area contributed by atoms with Crippen LogP contribution in [-0.2, 0) is 36.0 Å². The Hall–Kier alpha value is -1.05. The van der Waals surface area contributed by atoms with Gasteiger partial charge in [0, 0.05) is 44.1 Å². The second-order valence-electron chi connectivity index (χ2n) is 7.29. The number of piperazine rings is 1. The lowest BCUT2D eigenvalue weighted by Gasteiger charge is -2.34. The van der Waals surface area contributed by atoms with Crippen molar-refractivity contribution in [1.29, 1.82) is 0 Å². The third-order valence-corrected chi connectivity index (χ3v) is 10.8. The van der Waals surface area contributed by atoms with E-state index in [4.69, 9.17) is 4.74 Å². The summed E-state index contributed by atoms with van der Waals surface area (Å²) in [6, 6.07) is 3.22. The fraction of sp³-hybridized carbons (Fsp3) is 0.706. The highest BCUT2D eigenvalue weighted by atomic mass is 32.2. The third kappa shape index (κ3) is 5.00. The number of hydrogen-bond acceptors (Lipinski definition) is 7. The van der Waals surface area contributed by atoms with E-state index in [0.29, 0.717) is 44.3 Å². The maximum Gasteiger partial charge on any atom is 0.252 e. The lowest BCUT2D eigenvalue weighted by molar-refractivity contribution is -0.131. The minimum Gasteiger partial charge on any atom is -0.379 e. The van der Waals surface area contributed by atoms with Crippen LogP contribution in [0.5, 0.6) is 0 Å². The molecule has 29 heavy (non-hydrogen) atoms. The molecule has 0 spiro atoms. The van der Waals surface area contributed by atoms with E-state index >= 15 is 0 Å². The fourth-order valence-electron chi connectivity index (χ4n) is 3.26. The van der Waals surface area contributed by atoms with E-state index in [2.05, 4.69) is 0 Å². The minimum absolute atomic E-state index is 0.111. The maximum atomic E-state index is 12.7. The molecular weight excluding hydrogens is 438 g/mol. The van der Waals surface area contributed by atoms with Crippen molar-refractivity contribution < 1.29 is 26.4 Å². The second-order valence-corrected chi connectivity index (χ2v) is 13.1. The van der Waals surface area contributed by atoms with Crippen LogP contribution in [0.25, 0.3) is 0 Å². The summed E-state index contributed by atoms with van der Waals surface area (Å²) in [5, 5.41) is -0.484. The first-order valence-electron chi connectivity index (χ1n) is 9.55. The molecule has 0 unspecified atom stereocenters. The zero-order chi connectivity index (χ0) is 21.2. The van der Waals surface area contributed by atoms with Gasteiger partial charge in [0.2, 0.25) is 15.9 Å². The molecule has 164 valence electrons. The van der Waals surface area contributed by atoms with Crippen molar-refractivity contribution in [3.63, 3.8) is 0 Å². The second kappa shape index (κ2) is 8.98. The average Bonchev–Trinajstić information content (AvgIpc) is 3.18. The number of rotatable bonds is 6. The molecule has 2 fully saturated rings. The van der Waals surface area contributed by atoms with Crippen LogP contribution in [0.3, 0.4) is 0 Å². The van der Waals surface area contributed by atoms with Gasteiger partial charge in [-0.25, -0.2) is 16.8 Å². The molecule has 0 atom stereocenters. The van der Waals surface area contributed by atoms with Gasteiger partial charge in [0.05, 0.1) is 24.9 Å². The zero-order valence-corrected chi connectivity index (χ0v) is 19.1. The summed E-state index contributed by atoms with van der Waals surface area (Å²) < 4.78 is 58.1. The highest BCUT2D eigenvalue weighted by Crippen LogP contribution is 2.26. The Labute approximate surface area is 176 Å². The van der Waals surface area contributed by atoms with Gasteiger partial charge in [-0.2, -0.15) is 8.61 Å². The van der Waals surface area contributed by atoms with Gasteiger partial charge >= 0.3 is 0 Å². The van der Waals surface area contributed by atoms with Crippen LogP contribution >= 0.6 is 11.3 Å². The first-order valence-corrected chi connectivity index (χ1v) is 13.3. The van der Waals surface area contributed by atoms with E-state index in [9.17, 15) is 21.6 Å². The molecule has 0 radical (unpaired) electrons. The van der Waals surface area contributed by atoms with Crippen molar-refractivity contribution in [2.45, 2.75) is 29.7 Å². The van der Waals surface area contributed by atoms with Crippen molar-refractivity contribution in [1.82, 2.24) is 13.5 Å². The van der Waals surface area contributed by atoms with E-state index < -0.39 is 25.3 Å². The van der Waals surface area contributed by atoms with Crippen molar-refractivity contribution in [2.24, 2.45) is 0 Å². The molecule has 0 saturated carbocycles. The number of hydrogen-bond donors (Lipinski definition) is 0. The molecule has 1 aromatic heterocycles. The molecule has 3 heterocycles. The number of morpholine rings is 1. The van der Waals surface area contributed by atoms with Gasteiger partial charge in [-0.05, 0) is 26.0 Å². The lowest BCUT2D eigenvalue weighted by Crippen LogP contribution is -2.52. The van der Waals surface area contributed by atoms with E-state index in [1.165, 1.54) is 8.61 Å². The molecule has 0 bridgehead atoms. The van der Waals surface area contributed by atoms with Crippen LogP contribution in [0.4, 0.5) is 0 Å². The Morgan fingerprint density at radius 2 is 1.62 bits per heavy atom. The van der Waals surface area contributed by atoms with Gasteiger partial charge in [0.1, 0.15) is 4.21 Å². The van der Waals surface area contributed by atoms with Crippen molar-refractivity contribution >= 4 is 37.3 Å². The van der Waals surface area contributed by atoms with Crippen molar-refractivity contribution in [3.8, 4) is 0 Å². The molecule has 0 aliphatic carbocycles. The summed E-state index contributed by atoms with van der Waals surface area (Å²) in [5.41, 5.74) is 0. The van der Waals surface area contributed by atoms with Crippen LogP contribution < -0.4 is 0 Å². The Balaban J connectivity index is 1.58. The predicted octanol–water partition coefficient (Wildman–Crippen LogP) is 0.194. The molecule has 9 nitrogen and oxygen atoms in total. The number of nitrogens with zero attached hydrogens (tertiary/aromatic N) is 3. The highest BCUT2D eigenvalue weighted by Gasteiger charge is 2.31. The van der Waals surface area contributed by atoms with E-state index in [0.717, 1.165) is 11.3 Å². The summed E-state index contributed by atoms with van der Waals surface area (Å²) >= 11 is 1.11. The number of carbonyl (C=O) groups is 1. The third-order valence-electron chi connectivity index (χ3n) is 5.07. The Kier molecular flexibility index (Phi) is 7.01. The van der Waals surface area contributed by atoms with Gasteiger partial charge in [0.25, 0.3) is 10.0 Å². The van der Waals surface area contributed by atoms with E-state index in [1.807, 2.05) is 0 Å². The Bertz CT molecular complexity index is 927. The summed E-state index contributed by atoms with van der Waals surface area (Å²) in [5.74, 6) is -0.122. The lowest BCUT2D eigenvalue weighted by atomic mass is 10.3. The molecule has 2 aliphatic heterocycles. The largest absolute Gasteiger partial charge is 0.379 e. The number of thiophene rings is 1. The van der Waals surface area contributed by atoms with Crippen LogP contribution in [0.1, 0.15) is 18.7 Å². The summed E-state index contributed by atoms with van der Waals surface area (Å²) in [6.45, 7) is 5.97. The molecule has 2 saturated heterocycles. The first kappa shape index (κ1) is 22.6. The molecule has 0 N–H and O–H groups in total. The summed E-state index contributed by atoms with van der Waals surface area (Å²) in [6.07, 6.45) is 0.111. The van der Waals surface area contributed by atoms with Gasteiger partial charge in [-0.3, -0.25) is 4.79 Å². The van der Waals surface area contributed by atoms with Gasteiger partial charge in [-0.15, -0.1) is 11.3 Å². The monoisotopic (exact) mass is 465 g/mol. The maximum absolute atomic E-state index is 12.7. The standard InChI is InChI=1S/C17H27N3O6S3/c1-14(2)28(22,23)19-7-5-18(6-8-19)16(21)13-15-3-4-17(27-15)29(24,25)20-9-11-26-12-10-20/h3-4,14H,5-13H2,1-2H3. The molecule has 1 amide bonds. The molecule has 1 aromatic rings. The van der Waals surface area contributed by atoms with Crippen LogP contribution in [0.2, 0.25) is 0 Å². The first-order chi connectivity index (χ1) is 13.6. The SMILES string of the molecule is CC(C)S(=O)(=O)N1CCN(C(=O)Cc2ccc(S(=O)(=O)N3CCOCC3)s2)CC1. The van der Waals surface area contributed by atoms with Crippen LogP contribution in [-0.4, -0.2) is 94.0 Å². The van der Waals surface area contributed by atoms with E-state index in [-0.39, 0.29) is 29.6 Å². The number of ether oxygens (including phenoxy) is 1. The molecule has 3 rings (SSSR count). The van der Waals surface area contributed by atoms with E-state index in [1.54, 1.807) is 30.9 Å². The van der Waals surface area contributed by atoms with Gasteiger partial charge in [-0.1, -0.05) is 0 Å². The molecule has 12 heteroatoms. The number of sulfonamides is 2. The topological polar surface area (TPSA) is 104 Å². The van der Waals surface area contributed by atoms with Gasteiger partial charge < -0.3 is 9.64 Å². The Morgan fingerprint density at radius 3 is 2.21 bits per heavy atom. The predicted molar refractivity (Wildman–Crippen MR) is 110 cm³/mol. The number of carbonyl (C=O) groups excluding carboxylic acids is 1. The zero-order valence-electron chi connectivity index (χ0n) is 16.6. The average molecular weight is 466 g/mol. The Morgan fingerprint density at radius 1 is 1.00 bits per heavy atom. The smallest absolute Gasteiger partial charge is 0.252 e. The molecule has 0 aromatic carbocycles. The fourth-order valence-corrected chi connectivity index (χ4v) is 7.43. The molecular formula is C17H27N3O6S3. The van der Waals surface area contributed by atoms with Crippen molar-refractivity contribution in [2.75, 3.05) is 52.5 Å². The number of amides is 1.